The van der Waals surface area contributed by atoms with Crippen molar-refractivity contribution in [2.45, 2.75) is 0 Å². The van der Waals surface area contributed by atoms with Gasteiger partial charge in [0.15, 0.2) is 11.6 Å². The smallest absolute Gasteiger partial charge is 0.199 e. The third kappa shape index (κ3) is 2.93. The molecule has 0 bridgehead atoms. The monoisotopic (exact) mass is 334 g/mol. The lowest BCUT2D eigenvalue weighted by Crippen LogP contribution is -2.01. The van der Waals surface area contributed by atoms with Crippen molar-refractivity contribution in [2.24, 2.45) is 0 Å². The number of benzene rings is 2. The molecule has 0 saturated heterocycles. The molecule has 0 spiro atoms. The summed E-state index contributed by atoms with van der Waals surface area (Å²) in [5.41, 5.74) is 0.142. The number of carbonyl (C=O) groups excluding carboxylic acids is 1. The molecule has 0 unspecified atom stereocenters. The molecule has 0 amide bonds. The summed E-state index contributed by atoms with van der Waals surface area (Å²) >= 11 is 5.82. The fourth-order valence-electron chi connectivity index (χ4n) is 2.08. The summed E-state index contributed by atoms with van der Waals surface area (Å²) < 4.78 is 27.8. The number of nitrogens with zero attached hydrogens (tertiary/aromatic N) is 2. The summed E-state index contributed by atoms with van der Waals surface area (Å²) in [6, 6.07) is 7.11. The van der Waals surface area contributed by atoms with Gasteiger partial charge < -0.3 is 5.11 Å². The van der Waals surface area contributed by atoms with Crippen LogP contribution in [0.25, 0.3) is 5.69 Å². The topological polar surface area (TPSA) is 55.1 Å². The van der Waals surface area contributed by atoms with Crippen LogP contribution in [0.1, 0.15) is 15.9 Å². The summed E-state index contributed by atoms with van der Waals surface area (Å²) in [5, 5.41) is 13.9. The minimum atomic E-state index is -0.808. The Kier molecular flexibility index (Phi) is 3.83. The normalized spacial score (nSPS) is 10.7. The fraction of sp³-hybridized carbons (Fsp3) is 0. The van der Waals surface area contributed by atoms with Crippen molar-refractivity contribution < 1.29 is 18.7 Å². The number of phenols is 1. The largest absolute Gasteiger partial charge is 0.507 e. The van der Waals surface area contributed by atoms with E-state index in [9.17, 15) is 18.7 Å². The number of rotatable bonds is 3. The number of hydrogen-bond acceptors (Lipinski definition) is 3. The molecule has 4 nitrogen and oxygen atoms in total. The van der Waals surface area contributed by atoms with Crippen LogP contribution < -0.4 is 0 Å². The minimum Gasteiger partial charge on any atom is -0.507 e. The van der Waals surface area contributed by atoms with Crippen molar-refractivity contribution in [2.75, 3.05) is 0 Å². The first kappa shape index (κ1) is 15.2. The molecule has 7 heteroatoms. The van der Waals surface area contributed by atoms with E-state index in [2.05, 4.69) is 5.10 Å². The molecule has 1 heterocycles. The standard InChI is InChI=1S/C16H9ClF2N2O2/c17-10-1-4-15(22)12(5-10)16(23)9-7-20-21(8-9)14-3-2-11(18)6-13(14)19/h1-8,22H. The van der Waals surface area contributed by atoms with E-state index in [0.29, 0.717) is 5.02 Å². The average Bonchev–Trinajstić information content (AvgIpc) is 2.98. The van der Waals surface area contributed by atoms with E-state index in [4.69, 9.17) is 11.6 Å². The zero-order valence-electron chi connectivity index (χ0n) is 11.5. The Morgan fingerprint density at radius 2 is 1.96 bits per heavy atom. The van der Waals surface area contributed by atoms with Crippen LogP contribution in [0, 0.1) is 11.6 Å². The molecule has 1 aromatic heterocycles. The third-order valence-corrected chi connectivity index (χ3v) is 3.44. The van der Waals surface area contributed by atoms with E-state index in [-0.39, 0.29) is 22.6 Å². The lowest BCUT2D eigenvalue weighted by molar-refractivity contribution is 0.103. The Hall–Kier alpha value is -2.73. The van der Waals surface area contributed by atoms with Gasteiger partial charge >= 0.3 is 0 Å². The second kappa shape index (κ2) is 5.81. The molecule has 0 aliphatic heterocycles. The molecule has 0 fully saturated rings. The first-order chi connectivity index (χ1) is 11.0. The number of phenolic OH excluding ortho intramolecular Hbond substituents is 1. The summed E-state index contributed by atoms with van der Waals surface area (Å²) in [4.78, 5) is 12.4. The Morgan fingerprint density at radius 3 is 2.70 bits per heavy atom. The molecule has 0 atom stereocenters. The number of carbonyl (C=O) groups is 1. The quantitative estimate of drug-likeness (QED) is 0.742. The van der Waals surface area contributed by atoms with Gasteiger partial charge in [-0.15, -0.1) is 0 Å². The second-order valence-electron chi connectivity index (χ2n) is 4.76. The predicted octanol–water partition coefficient (Wildman–Crippen LogP) is 3.74. The van der Waals surface area contributed by atoms with E-state index < -0.39 is 17.4 Å². The summed E-state index contributed by atoms with van der Waals surface area (Å²) in [5.74, 6) is -2.25. The van der Waals surface area contributed by atoms with Crippen molar-refractivity contribution >= 4 is 17.4 Å². The highest BCUT2D eigenvalue weighted by Crippen LogP contribution is 2.24. The highest BCUT2D eigenvalue weighted by molar-refractivity contribution is 6.31. The Morgan fingerprint density at radius 1 is 1.17 bits per heavy atom. The molecule has 0 radical (unpaired) electrons. The van der Waals surface area contributed by atoms with Crippen molar-refractivity contribution in [3.63, 3.8) is 0 Å². The van der Waals surface area contributed by atoms with Gasteiger partial charge in [0.1, 0.15) is 17.3 Å². The zero-order chi connectivity index (χ0) is 16.6. The van der Waals surface area contributed by atoms with Gasteiger partial charge in [0.05, 0.1) is 17.3 Å². The van der Waals surface area contributed by atoms with Crippen LogP contribution in [0.5, 0.6) is 5.75 Å². The highest BCUT2D eigenvalue weighted by Gasteiger charge is 2.17. The van der Waals surface area contributed by atoms with Crippen LogP contribution in [0.2, 0.25) is 5.02 Å². The number of hydrogen-bond donors (Lipinski definition) is 1. The fourth-order valence-corrected chi connectivity index (χ4v) is 2.26. The summed E-state index contributed by atoms with van der Waals surface area (Å²) in [6.45, 7) is 0. The number of halogens is 3. The van der Waals surface area contributed by atoms with Gasteiger partial charge in [-0.05, 0) is 30.3 Å². The molecule has 0 aliphatic carbocycles. The lowest BCUT2D eigenvalue weighted by atomic mass is 10.1. The van der Waals surface area contributed by atoms with Crippen LogP contribution >= 0.6 is 11.6 Å². The van der Waals surface area contributed by atoms with E-state index in [1.807, 2.05) is 0 Å². The van der Waals surface area contributed by atoms with Crippen LogP contribution in [0.3, 0.4) is 0 Å². The van der Waals surface area contributed by atoms with E-state index in [1.54, 1.807) is 0 Å². The molecule has 3 aromatic rings. The van der Waals surface area contributed by atoms with Crippen LogP contribution in [-0.4, -0.2) is 20.7 Å². The summed E-state index contributed by atoms with van der Waals surface area (Å²) in [6.07, 6.45) is 2.52. The average molecular weight is 335 g/mol. The van der Waals surface area contributed by atoms with E-state index >= 15 is 0 Å². The molecule has 0 aliphatic rings. The zero-order valence-corrected chi connectivity index (χ0v) is 12.3. The van der Waals surface area contributed by atoms with E-state index in [1.165, 1.54) is 36.7 Å². The Labute approximate surface area is 134 Å². The minimum absolute atomic E-state index is 0.000709. The van der Waals surface area contributed by atoms with Gasteiger partial charge in [-0.1, -0.05) is 11.6 Å². The van der Waals surface area contributed by atoms with Crippen molar-refractivity contribution in [3.8, 4) is 11.4 Å². The first-order valence-corrected chi connectivity index (χ1v) is 6.87. The summed E-state index contributed by atoms with van der Waals surface area (Å²) in [7, 11) is 0. The van der Waals surface area contributed by atoms with Gasteiger partial charge in [-0.3, -0.25) is 4.79 Å². The van der Waals surface area contributed by atoms with Crippen molar-refractivity contribution in [3.05, 3.63) is 76.6 Å². The molecule has 3 rings (SSSR count). The van der Waals surface area contributed by atoms with Gasteiger partial charge in [0.2, 0.25) is 0 Å². The van der Waals surface area contributed by atoms with Crippen molar-refractivity contribution in [1.82, 2.24) is 9.78 Å². The Balaban J connectivity index is 1.98. The second-order valence-corrected chi connectivity index (χ2v) is 5.20. The number of aromatic nitrogens is 2. The third-order valence-electron chi connectivity index (χ3n) is 3.20. The maximum absolute atomic E-state index is 13.7. The molecule has 1 N–H and O–H groups in total. The van der Waals surface area contributed by atoms with Crippen molar-refractivity contribution in [1.29, 1.82) is 0 Å². The molecular formula is C16H9ClF2N2O2. The van der Waals surface area contributed by atoms with Gasteiger partial charge in [-0.2, -0.15) is 5.10 Å². The van der Waals surface area contributed by atoms with Crippen LogP contribution in [0.4, 0.5) is 8.78 Å². The molecule has 23 heavy (non-hydrogen) atoms. The maximum atomic E-state index is 13.7. The van der Waals surface area contributed by atoms with Crippen LogP contribution in [-0.2, 0) is 0 Å². The van der Waals surface area contributed by atoms with Gasteiger partial charge in [-0.25, -0.2) is 13.5 Å². The number of ketones is 1. The Bertz CT molecular complexity index is 909. The van der Waals surface area contributed by atoms with E-state index in [0.717, 1.165) is 16.8 Å². The van der Waals surface area contributed by atoms with Gasteiger partial charge in [0, 0.05) is 17.3 Å². The molecule has 2 aromatic carbocycles. The SMILES string of the molecule is O=C(c1cnn(-c2ccc(F)cc2F)c1)c1cc(Cl)ccc1O. The highest BCUT2D eigenvalue weighted by atomic mass is 35.5. The first-order valence-electron chi connectivity index (χ1n) is 6.49. The van der Waals surface area contributed by atoms with Crippen LogP contribution in [0.15, 0.2) is 48.8 Å². The lowest BCUT2D eigenvalue weighted by Gasteiger charge is -2.03. The molecular weight excluding hydrogens is 326 g/mol. The number of aromatic hydroxyl groups is 1. The maximum Gasteiger partial charge on any atom is 0.199 e. The van der Waals surface area contributed by atoms with Gasteiger partial charge in [0.25, 0.3) is 0 Å². The predicted molar refractivity (Wildman–Crippen MR) is 80.0 cm³/mol. The molecule has 116 valence electrons. The molecule has 0 saturated carbocycles.